The molecule has 152 valence electrons. The monoisotopic (exact) mass is 413 g/mol. The third-order valence-corrected chi connectivity index (χ3v) is 5.94. The van der Waals surface area contributed by atoms with Gasteiger partial charge in [-0.25, -0.2) is 13.1 Å². The third kappa shape index (κ3) is 5.10. The van der Waals surface area contributed by atoms with E-state index in [4.69, 9.17) is 9.47 Å². The fraction of sp³-hybridized carbons (Fsp3) is 0.238. The first-order valence-corrected chi connectivity index (χ1v) is 10.6. The van der Waals surface area contributed by atoms with Crippen LogP contribution in [0.2, 0.25) is 0 Å². The van der Waals surface area contributed by atoms with E-state index in [0.717, 1.165) is 16.8 Å². The van der Waals surface area contributed by atoms with Gasteiger partial charge >= 0.3 is 0 Å². The van der Waals surface area contributed by atoms with Crippen molar-refractivity contribution in [1.82, 2.24) is 14.9 Å². The maximum Gasteiger partial charge on any atom is 0.240 e. The number of sulfonamides is 1. The highest BCUT2D eigenvalue weighted by molar-refractivity contribution is 7.89. The minimum atomic E-state index is -3.66. The lowest BCUT2D eigenvalue weighted by Gasteiger charge is -2.13. The Kier molecular flexibility index (Phi) is 6.46. The molecule has 1 heterocycles. The normalized spacial score (nSPS) is 11.3. The molecule has 0 radical (unpaired) electrons. The minimum Gasteiger partial charge on any atom is -0.496 e. The Labute approximate surface area is 170 Å². The molecule has 7 nitrogen and oxygen atoms in total. The van der Waals surface area contributed by atoms with Crippen LogP contribution in [-0.4, -0.2) is 38.9 Å². The zero-order valence-electron chi connectivity index (χ0n) is 16.5. The maximum atomic E-state index is 12.6. The average Bonchev–Trinajstić information content (AvgIpc) is 2.73. The molecule has 0 aliphatic heterocycles. The van der Waals surface area contributed by atoms with Crippen LogP contribution in [0.1, 0.15) is 11.1 Å². The Morgan fingerprint density at radius 1 is 0.966 bits per heavy atom. The predicted octanol–water partition coefficient (Wildman–Crippen LogP) is 3.13. The molecule has 0 saturated heterocycles. The molecule has 0 fully saturated rings. The summed E-state index contributed by atoms with van der Waals surface area (Å²) >= 11 is 0. The highest BCUT2D eigenvalue weighted by atomic mass is 32.2. The number of nitrogens with one attached hydrogen (secondary N) is 1. The van der Waals surface area contributed by atoms with Crippen molar-refractivity contribution in [2.45, 2.75) is 18.7 Å². The summed E-state index contributed by atoms with van der Waals surface area (Å²) in [6.45, 7) is 3.77. The number of nitrogens with zero attached hydrogens (tertiary/aromatic N) is 2. The van der Waals surface area contributed by atoms with E-state index in [9.17, 15) is 8.42 Å². The molecule has 0 aliphatic rings. The summed E-state index contributed by atoms with van der Waals surface area (Å²) in [6.07, 6.45) is 0. The van der Waals surface area contributed by atoms with Gasteiger partial charge in [-0.1, -0.05) is 30.3 Å². The number of aromatic nitrogens is 2. The molecule has 0 spiro atoms. The van der Waals surface area contributed by atoms with Gasteiger partial charge in [0.1, 0.15) is 12.4 Å². The summed E-state index contributed by atoms with van der Waals surface area (Å²) in [7, 11) is -2.10. The molecule has 0 amide bonds. The zero-order valence-corrected chi connectivity index (χ0v) is 17.4. The van der Waals surface area contributed by atoms with Crippen molar-refractivity contribution >= 4 is 10.0 Å². The molecule has 2 aromatic carbocycles. The van der Waals surface area contributed by atoms with E-state index < -0.39 is 10.0 Å². The number of rotatable bonds is 8. The van der Waals surface area contributed by atoms with Crippen molar-refractivity contribution in [3.63, 3.8) is 0 Å². The smallest absolute Gasteiger partial charge is 0.240 e. The molecule has 3 rings (SSSR count). The van der Waals surface area contributed by atoms with Gasteiger partial charge in [0.25, 0.3) is 0 Å². The quantitative estimate of drug-likeness (QED) is 0.571. The lowest BCUT2D eigenvalue weighted by Crippen LogP contribution is -2.29. The Morgan fingerprint density at radius 2 is 1.72 bits per heavy atom. The molecule has 0 saturated carbocycles. The molecule has 0 atom stereocenters. The Balaban J connectivity index is 1.57. The fourth-order valence-electron chi connectivity index (χ4n) is 2.84. The first-order chi connectivity index (χ1) is 13.9. The molecule has 1 N–H and O–H groups in total. The van der Waals surface area contributed by atoms with Crippen molar-refractivity contribution in [1.29, 1.82) is 0 Å². The summed E-state index contributed by atoms with van der Waals surface area (Å²) in [5, 5.41) is 8.16. The van der Waals surface area contributed by atoms with Gasteiger partial charge in [0.2, 0.25) is 15.9 Å². The van der Waals surface area contributed by atoms with Crippen molar-refractivity contribution < 1.29 is 17.9 Å². The molecule has 3 aromatic rings. The molecule has 0 bridgehead atoms. The molecule has 0 unspecified atom stereocenters. The molecule has 0 aliphatic carbocycles. The van der Waals surface area contributed by atoms with E-state index in [1.165, 1.54) is 0 Å². The van der Waals surface area contributed by atoms with Gasteiger partial charge in [-0.2, -0.15) is 0 Å². The standard InChI is InChI=1S/C21H23N3O4S/c1-15-14-20(16(2)13-19(15)27-3)29(25,26)22-11-12-28-21-10-9-18(23-24-21)17-7-5-4-6-8-17/h4-10,13-14,22H,11-12H2,1-3H3. The van der Waals surface area contributed by atoms with Crippen LogP contribution in [0.15, 0.2) is 59.5 Å². The van der Waals surface area contributed by atoms with Gasteiger partial charge in [-0.05, 0) is 43.2 Å². The van der Waals surface area contributed by atoms with Crippen LogP contribution in [0.25, 0.3) is 11.3 Å². The van der Waals surface area contributed by atoms with E-state index in [0.29, 0.717) is 17.2 Å². The summed E-state index contributed by atoms with van der Waals surface area (Å²) < 4.78 is 38.4. The zero-order chi connectivity index (χ0) is 20.9. The van der Waals surface area contributed by atoms with Crippen LogP contribution in [0.4, 0.5) is 0 Å². The third-order valence-electron chi connectivity index (χ3n) is 4.34. The fourth-order valence-corrected chi connectivity index (χ4v) is 4.16. The van der Waals surface area contributed by atoms with Gasteiger partial charge in [0.15, 0.2) is 0 Å². The number of ether oxygens (including phenoxy) is 2. The van der Waals surface area contributed by atoms with Crippen molar-refractivity contribution in [2.24, 2.45) is 0 Å². The average molecular weight is 413 g/mol. The Bertz CT molecular complexity index is 1070. The highest BCUT2D eigenvalue weighted by Crippen LogP contribution is 2.25. The van der Waals surface area contributed by atoms with Crippen LogP contribution in [0, 0.1) is 13.8 Å². The van der Waals surface area contributed by atoms with Crippen molar-refractivity contribution in [2.75, 3.05) is 20.3 Å². The first-order valence-electron chi connectivity index (χ1n) is 9.07. The molecular formula is C21H23N3O4S. The molecular weight excluding hydrogens is 390 g/mol. The molecule has 1 aromatic heterocycles. The van der Waals surface area contributed by atoms with E-state index in [-0.39, 0.29) is 18.0 Å². The number of benzene rings is 2. The van der Waals surface area contributed by atoms with Gasteiger partial charge in [0.05, 0.1) is 17.7 Å². The predicted molar refractivity (Wildman–Crippen MR) is 111 cm³/mol. The van der Waals surface area contributed by atoms with Crippen LogP contribution in [0.5, 0.6) is 11.6 Å². The van der Waals surface area contributed by atoms with E-state index >= 15 is 0 Å². The summed E-state index contributed by atoms with van der Waals surface area (Å²) in [4.78, 5) is 0.225. The topological polar surface area (TPSA) is 90.4 Å². The second kappa shape index (κ2) is 9.02. The van der Waals surface area contributed by atoms with E-state index in [2.05, 4.69) is 14.9 Å². The van der Waals surface area contributed by atoms with Crippen LogP contribution in [0.3, 0.4) is 0 Å². The SMILES string of the molecule is COc1cc(C)c(S(=O)(=O)NCCOc2ccc(-c3ccccc3)nn2)cc1C. The largest absolute Gasteiger partial charge is 0.496 e. The molecule has 8 heteroatoms. The number of hydrogen-bond acceptors (Lipinski definition) is 6. The van der Waals surface area contributed by atoms with Crippen LogP contribution < -0.4 is 14.2 Å². The van der Waals surface area contributed by atoms with Crippen molar-refractivity contribution in [3.05, 3.63) is 65.7 Å². The summed E-state index contributed by atoms with van der Waals surface area (Å²) in [6, 6.07) is 16.5. The lowest BCUT2D eigenvalue weighted by molar-refractivity contribution is 0.307. The number of methoxy groups -OCH3 is 1. The van der Waals surface area contributed by atoms with Gasteiger partial charge < -0.3 is 9.47 Å². The Morgan fingerprint density at radius 3 is 2.38 bits per heavy atom. The van der Waals surface area contributed by atoms with E-state index in [1.807, 2.05) is 36.4 Å². The van der Waals surface area contributed by atoms with Gasteiger partial charge in [0, 0.05) is 18.2 Å². The Hall–Kier alpha value is -2.97. The van der Waals surface area contributed by atoms with E-state index in [1.54, 1.807) is 39.2 Å². The second-order valence-electron chi connectivity index (χ2n) is 6.46. The lowest BCUT2D eigenvalue weighted by atomic mass is 10.1. The molecule has 29 heavy (non-hydrogen) atoms. The van der Waals surface area contributed by atoms with Gasteiger partial charge in [-0.15, -0.1) is 10.2 Å². The first kappa shape index (κ1) is 20.8. The number of aryl methyl sites for hydroxylation is 2. The summed E-state index contributed by atoms with van der Waals surface area (Å²) in [5.74, 6) is 0.989. The van der Waals surface area contributed by atoms with Crippen LogP contribution in [-0.2, 0) is 10.0 Å². The highest BCUT2D eigenvalue weighted by Gasteiger charge is 2.18. The second-order valence-corrected chi connectivity index (χ2v) is 8.19. The number of hydrogen-bond donors (Lipinski definition) is 1. The van der Waals surface area contributed by atoms with Crippen LogP contribution >= 0.6 is 0 Å². The maximum absolute atomic E-state index is 12.6. The van der Waals surface area contributed by atoms with Gasteiger partial charge in [-0.3, -0.25) is 0 Å². The summed E-state index contributed by atoms with van der Waals surface area (Å²) in [5.41, 5.74) is 3.07. The minimum absolute atomic E-state index is 0.106. The van der Waals surface area contributed by atoms with Crippen molar-refractivity contribution in [3.8, 4) is 22.9 Å².